The molecule has 0 aromatic carbocycles. The lowest BCUT2D eigenvalue weighted by Gasteiger charge is -2.34. The van der Waals surface area contributed by atoms with E-state index in [9.17, 15) is 0 Å². The predicted molar refractivity (Wildman–Crippen MR) is 74.9 cm³/mol. The molecule has 18 heavy (non-hydrogen) atoms. The van der Waals surface area contributed by atoms with Gasteiger partial charge in [0.1, 0.15) is 5.82 Å². The molecule has 2 aliphatic rings. The van der Waals surface area contributed by atoms with E-state index in [1.807, 2.05) is 0 Å². The summed E-state index contributed by atoms with van der Waals surface area (Å²) in [6.07, 6.45) is 12.2. The van der Waals surface area contributed by atoms with E-state index in [-0.39, 0.29) is 0 Å². The molecule has 0 aliphatic heterocycles. The van der Waals surface area contributed by atoms with Crippen LogP contribution in [0.15, 0.2) is 0 Å². The van der Waals surface area contributed by atoms with Crippen molar-refractivity contribution >= 4 is 0 Å². The summed E-state index contributed by atoms with van der Waals surface area (Å²) in [5.74, 6) is 2.17. The minimum atomic E-state index is 0.748. The second-order valence-electron chi connectivity index (χ2n) is 6.15. The summed E-state index contributed by atoms with van der Waals surface area (Å²) in [7, 11) is 0. The standard InChI is InChI=1S/C16H26N2/c1-3-13-8-4-6-10-15(13)18-12(2)17-14-9-5-7-11-16(14)18/h13,15H,3-11H2,1-2H3. The zero-order chi connectivity index (χ0) is 12.5. The Labute approximate surface area is 111 Å². The lowest BCUT2D eigenvalue weighted by molar-refractivity contribution is 0.225. The van der Waals surface area contributed by atoms with Crippen LogP contribution in [0.25, 0.3) is 0 Å². The van der Waals surface area contributed by atoms with Gasteiger partial charge in [-0.25, -0.2) is 4.98 Å². The fourth-order valence-corrected chi connectivity index (χ4v) is 4.14. The van der Waals surface area contributed by atoms with Crippen molar-refractivity contribution in [2.24, 2.45) is 5.92 Å². The molecular formula is C16H26N2. The van der Waals surface area contributed by atoms with Crippen molar-refractivity contribution in [1.82, 2.24) is 9.55 Å². The number of hydrogen-bond acceptors (Lipinski definition) is 1. The average molecular weight is 246 g/mol. The van der Waals surface area contributed by atoms with Crippen LogP contribution >= 0.6 is 0 Å². The molecule has 0 amide bonds. The second kappa shape index (κ2) is 5.07. The number of nitrogens with zero attached hydrogens (tertiary/aromatic N) is 2. The molecule has 2 unspecified atom stereocenters. The van der Waals surface area contributed by atoms with Crippen LogP contribution < -0.4 is 0 Å². The Hall–Kier alpha value is -0.790. The van der Waals surface area contributed by atoms with Crippen molar-refractivity contribution in [1.29, 1.82) is 0 Å². The third-order valence-corrected chi connectivity index (χ3v) is 5.07. The van der Waals surface area contributed by atoms with Gasteiger partial charge in [-0.05, 0) is 51.4 Å². The lowest BCUT2D eigenvalue weighted by atomic mass is 9.82. The van der Waals surface area contributed by atoms with Gasteiger partial charge >= 0.3 is 0 Å². The summed E-state index contributed by atoms with van der Waals surface area (Å²) >= 11 is 0. The second-order valence-corrected chi connectivity index (χ2v) is 6.15. The number of hydrogen-bond donors (Lipinski definition) is 0. The van der Waals surface area contributed by atoms with Crippen molar-refractivity contribution in [2.45, 2.75) is 77.7 Å². The zero-order valence-electron chi connectivity index (χ0n) is 11.9. The number of fused-ring (bicyclic) bond motifs is 1. The topological polar surface area (TPSA) is 17.8 Å². The first kappa shape index (κ1) is 12.3. The maximum Gasteiger partial charge on any atom is 0.106 e. The van der Waals surface area contributed by atoms with Crippen molar-refractivity contribution in [3.63, 3.8) is 0 Å². The molecule has 2 atom stereocenters. The molecule has 1 saturated carbocycles. The fourth-order valence-electron chi connectivity index (χ4n) is 4.14. The van der Waals surface area contributed by atoms with Gasteiger partial charge in [0.15, 0.2) is 0 Å². The molecule has 2 nitrogen and oxygen atoms in total. The molecule has 0 saturated heterocycles. The molecule has 1 heterocycles. The zero-order valence-corrected chi connectivity index (χ0v) is 11.9. The summed E-state index contributed by atoms with van der Waals surface area (Å²) in [6.45, 7) is 4.58. The van der Waals surface area contributed by atoms with E-state index in [1.165, 1.54) is 69.3 Å². The molecule has 2 aliphatic carbocycles. The first-order valence-electron chi connectivity index (χ1n) is 7.87. The predicted octanol–water partition coefficient (Wildman–Crippen LogP) is 4.21. The van der Waals surface area contributed by atoms with Crippen LogP contribution in [0.2, 0.25) is 0 Å². The maximum atomic E-state index is 4.86. The maximum absolute atomic E-state index is 4.86. The summed E-state index contributed by atoms with van der Waals surface area (Å²) in [5.41, 5.74) is 3.00. The van der Waals surface area contributed by atoms with Gasteiger partial charge in [0.2, 0.25) is 0 Å². The van der Waals surface area contributed by atoms with E-state index in [0.29, 0.717) is 0 Å². The van der Waals surface area contributed by atoms with Crippen LogP contribution in [0.5, 0.6) is 0 Å². The summed E-state index contributed by atoms with van der Waals surface area (Å²) in [6, 6.07) is 0.748. The highest BCUT2D eigenvalue weighted by Crippen LogP contribution is 2.39. The highest BCUT2D eigenvalue weighted by Gasteiger charge is 2.29. The van der Waals surface area contributed by atoms with Gasteiger partial charge in [0.05, 0.1) is 5.69 Å². The van der Waals surface area contributed by atoms with E-state index in [4.69, 9.17) is 4.98 Å². The van der Waals surface area contributed by atoms with Crippen LogP contribution in [-0.4, -0.2) is 9.55 Å². The molecule has 1 fully saturated rings. The molecular weight excluding hydrogens is 220 g/mol. The van der Waals surface area contributed by atoms with E-state index < -0.39 is 0 Å². The Morgan fingerprint density at radius 1 is 1.11 bits per heavy atom. The molecule has 3 rings (SSSR count). The Balaban J connectivity index is 1.97. The smallest absolute Gasteiger partial charge is 0.106 e. The molecule has 100 valence electrons. The van der Waals surface area contributed by atoms with Gasteiger partial charge in [-0.3, -0.25) is 0 Å². The van der Waals surface area contributed by atoms with Crippen molar-refractivity contribution in [3.8, 4) is 0 Å². The van der Waals surface area contributed by atoms with E-state index >= 15 is 0 Å². The molecule has 1 aromatic rings. The van der Waals surface area contributed by atoms with Gasteiger partial charge in [-0.2, -0.15) is 0 Å². The number of imidazole rings is 1. The largest absolute Gasteiger partial charge is 0.329 e. The Bertz CT molecular complexity index is 419. The SMILES string of the molecule is CCC1CCCCC1n1c(C)nc2c1CCCC2. The normalized spacial score (nSPS) is 28.1. The quantitative estimate of drug-likeness (QED) is 0.764. The molecule has 0 radical (unpaired) electrons. The van der Waals surface area contributed by atoms with Crippen LogP contribution in [-0.2, 0) is 12.8 Å². The van der Waals surface area contributed by atoms with Crippen LogP contribution in [0.1, 0.15) is 75.1 Å². The van der Waals surface area contributed by atoms with Crippen LogP contribution in [0.3, 0.4) is 0 Å². The first-order valence-corrected chi connectivity index (χ1v) is 7.87. The van der Waals surface area contributed by atoms with Crippen molar-refractivity contribution in [3.05, 3.63) is 17.2 Å². The van der Waals surface area contributed by atoms with Crippen LogP contribution in [0, 0.1) is 12.8 Å². The Kier molecular flexibility index (Phi) is 3.45. The van der Waals surface area contributed by atoms with Crippen molar-refractivity contribution in [2.75, 3.05) is 0 Å². The minimum Gasteiger partial charge on any atom is -0.329 e. The average Bonchev–Trinajstić information content (AvgIpc) is 2.74. The number of aryl methyl sites for hydroxylation is 2. The minimum absolute atomic E-state index is 0.748. The van der Waals surface area contributed by atoms with Gasteiger partial charge in [0, 0.05) is 11.7 Å². The summed E-state index contributed by atoms with van der Waals surface area (Å²) in [5, 5.41) is 0. The van der Waals surface area contributed by atoms with Gasteiger partial charge in [-0.1, -0.05) is 26.2 Å². The highest BCUT2D eigenvalue weighted by molar-refractivity contribution is 5.21. The Morgan fingerprint density at radius 2 is 1.89 bits per heavy atom. The Morgan fingerprint density at radius 3 is 2.72 bits per heavy atom. The van der Waals surface area contributed by atoms with E-state index in [1.54, 1.807) is 5.69 Å². The van der Waals surface area contributed by atoms with Crippen molar-refractivity contribution < 1.29 is 0 Å². The number of rotatable bonds is 2. The number of aromatic nitrogens is 2. The lowest BCUT2D eigenvalue weighted by Crippen LogP contribution is -2.25. The molecule has 0 N–H and O–H groups in total. The fraction of sp³-hybridized carbons (Fsp3) is 0.812. The van der Waals surface area contributed by atoms with Crippen LogP contribution in [0.4, 0.5) is 0 Å². The first-order chi connectivity index (χ1) is 8.81. The summed E-state index contributed by atoms with van der Waals surface area (Å²) < 4.78 is 2.64. The summed E-state index contributed by atoms with van der Waals surface area (Å²) in [4.78, 5) is 4.86. The van der Waals surface area contributed by atoms with E-state index in [0.717, 1.165) is 12.0 Å². The molecule has 0 bridgehead atoms. The third kappa shape index (κ3) is 2.00. The van der Waals surface area contributed by atoms with Gasteiger partial charge < -0.3 is 4.57 Å². The molecule has 0 spiro atoms. The molecule has 1 aromatic heterocycles. The third-order valence-electron chi connectivity index (χ3n) is 5.07. The van der Waals surface area contributed by atoms with Gasteiger partial charge in [0.25, 0.3) is 0 Å². The highest BCUT2D eigenvalue weighted by atomic mass is 15.1. The van der Waals surface area contributed by atoms with Gasteiger partial charge in [-0.15, -0.1) is 0 Å². The molecule has 2 heteroatoms. The monoisotopic (exact) mass is 246 g/mol. The van der Waals surface area contributed by atoms with E-state index in [2.05, 4.69) is 18.4 Å².